The SMILES string of the molecule is CCOC1=NC(=O)CN(CC(C)N2CC(=O)NC(=O)C2)C1. The van der Waals surface area contributed by atoms with Crippen LogP contribution in [0.3, 0.4) is 0 Å². The van der Waals surface area contributed by atoms with E-state index in [-0.39, 0.29) is 43.4 Å². The highest BCUT2D eigenvalue weighted by molar-refractivity contribution is 5.99. The number of rotatable bonds is 4. The number of nitrogens with one attached hydrogen (secondary N) is 1. The average molecular weight is 296 g/mol. The Bertz CT molecular complexity index is 461. The van der Waals surface area contributed by atoms with Crippen molar-refractivity contribution in [3.63, 3.8) is 0 Å². The number of nitrogens with zero attached hydrogens (tertiary/aromatic N) is 3. The predicted molar refractivity (Wildman–Crippen MR) is 74.7 cm³/mol. The molecule has 3 amide bonds. The Balaban J connectivity index is 1.92. The number of hydrogen-bond donors (Lipinski definition) is 1. The van der Waals surface area contributed by atoms with E-state index in [1.54, 1.807) is 4.90 Å². The molecule has 8 heteroatoms. The summed E-state index contributed by atoms with van der Waals surface area (Å²) in [5.41, 5.74) is 0. The Kier molecular flexibility index (Phi) is 5.03. The van der Waals surface area contributed by atoms with Gasteiger partial charge in [-0.25, -0.2) is 0 Å². The van der Waals surface area contributed by atoms with Crippen LogP contribution in [0, 0.1) is 0 Å². The number of aliphatic imine (C=N–C) groups is 1. The monoisotopic (exact) mass is 296 g/mol. The number of imide groups is 1. The molecule has 2 aliphatic heterocycles. The second-order valence-corrected chi connectivity index (χ2v) is 5.23. The molecule has 2 heterocycles. The lowest BCUT2D eigenvalue weighted by atomic mass is 10.2. The van der Waals surface area contributed by atoms with E-state index >= 15 is 0 Å². The fourth-order valence-corrected chi connectivity index (χ4v) is 2.48. The molecular weight excluding hydrogens is 276 g/mol. The summed E-state index contributed by atoms with van der Waals surface area (Å²) in [4.78, 5) is 41.9. The topological polar surface area (TPSA) is 91.3 Å². The summed E-state index contributed by atoms with van der Waals surface area (Å²) < 4.78 is 5.30. The van der Waals surface area contributed by atoms with E-state index in [4.69, 9.17) is 4.74 Å². The van der Waals surface area contributed by atoms with Crippen LogP contribution in [-0.2, 0) is 19.1 Å². The van der Waals surface area contributed by atoms with Crippen LogP contribution < -0.4 is 5.32 Å². The first-order valence-electron chi connectivity index (χ1n) is 7.00. The second-order valence-electron chi connectivity index (χ2n) is 5.23. The molecule has 2 rings (SSSR count). The largest absolute Gasteiger partial charge is 0.480 e. The molecule has 1 atom stereocenters. The van der Waals surface area contributed by atoms with E-state index in [9.17, 15) is 14.4 Å². The summed E-state index contributed by atoms with van der Waals surface area (Å²) in [5, 5.41) is 2.27. The number of ether oxygens (including phenoxy) is 1. The predicted octanol–water partition coefficient (Wildman–Crippen LogP) is -1.39. The molecule has 8 nitrogen and oxygen atoms in total. The van der Waals surface area contributed by atoms with E-state index in [2.05, 4.69) is 10.3 Å². The standard InChI is InChI=1S/C13H20N4O4/c1-3-21-13-8-16(5-10(18)15-13)4-9(2)17-6-11(19)14-12(20)7-17/h9H,3-8H2,1-2H3,(H,14,19,20). The van der Waals surface area contributed by atoms with Crippen LogP contribution in [0.5, 0.6) is 0 Å². The average Bonchev–Trinajstić information content (AvgIpc) is 2.37. The van der Waals surface area contributed by atoms with E-state index in [0.717, 1.165) is 0 Å². The Labute approximate surface area is 123 Å². The molecule has 0 saturated carbocycles. The van der Waals surface area contributed by atoms with Crippen LogP contribution in [-0.4, -0.2) is 78.8 Å². The lowest BCUT2D eigenvalue weighted by Crippen LogP contribution is -2.56. The first kappa shape index (κ1) is 15.6. The zero-order valence-electron chi connectivity index (χ0n) is 12.3. The molecule has 0 aromatic heterocycles. The van der Waals surface area contributed by atoms with Crippen LogP contribution in [0.1, 0.15) is 13.8 Å². The van der Waals surface area contributed by atoms with Crippen molar-refractivity contribution >= 4 is 23.6 Å². The van der Waals surface area contributed by atoms with E-state index in [0.29, 0.717) is 25.6 Å². The molecule has 0 aliphatic carbocycles. The van der Waals surface area contributed by atoms with E-state index in [1.165, 1.54) is 0 Å². The highest BCUT2D eigenvalue weighted by Gasteiger charge is 2.29. The summed E-state index contributed by atoms with van der Waals surface area (Å²) in [6, 6.07) is -0.0197. The zero-order valence-corrected chi connectivity index (χ0v) is 12.3. The minimum Gasteiger partial charge on any atom is -0.480 e. The third-order valence-corrected chi connectivity index (χ3v) is 3.40. The maximum atomic E-state index is 11.6. The van der Waals surface area contributed by atoms with Gasteiger partial charge in [-0.2, -0.15) is 4.99 Å². The van der Waals surface area contributed by atoms with Gasteiger partial charge in [0.05, 0.1) is 32.8 Å². The Morgan fingerprint density at radius 1 is 1.19 bits per heavy atom. The smallest absolute Gasteiger partial charge is 0.262 e. The highest BCUT2D eigenvalue weighted by atomic mass is 16.5. The lowest BCUT2D eigenvalue weighted by molar-refractivity contribution is -0.137. The molecular formula is C13H20N4O4. The van der Waals surface area contributed by atoms with Gasteiger partial charge >= 0.3 is 0 Å². The summed E-state index contributed by atoms with van der Waals surface area (Å²) in [6.07, 6.45) is 0. The molecule has 116 valence electrons. The number of piperazine rings is 1. The van der Waals surface area contributed by atoms with Gasteiger partial charge in [-0.05, 0) is 13.8 Å². The first-order valence-corrected chi connectivity index (χ1v) is 7.00. The van der Waals surface area contributed by atoms with E-state index < -0.39 is 0 Å². The van der Waals surface area contributed by atoms with Gasteiger partial charge in [0.1, 0.15) is 0 Å². The van der Waals surface area contributed by atoms with Gasteiger partial charge in [0.25, 0.3) is 5.91 Å². The van der Waals surface area contributed by atoms with Gasteiger partial charge < -0.3 is 4.74 Å². The second kappa shape index (κ2) is 6.77. The van der Waals surface area contributed by atoms with Crippen molar-refractivity contribution in [1.29, 1.82) is 0 Å². The maximum absolute atomic E-state index is 11.6. The van der Waals surface area contributed by atoms with E-state index in [1.807, 2.05) is 18.7 Å². The summed E-state index contributed by atoms with van der Waals surface area (Å²) in [7, 11) is 0. The van der Waals surface area contributed by atoms with Crippen LogP contribution in [0.4, 0.5) is 0 Å². The van der Waals surface area contributed by atoms with Gasteiger partial charge in [-0.3, -0.25) is 29.5 Å². The summed E-state index contributed by atoms with van der Waals surface area (Å²) >= 11 is 0. The molecule has 1 saturated heterocycles. The van der Waals surface area contributed by atoms with Gasteiger partial charge in [0, 0.05) is 12.6 Å². The molecule has 1 unspecified atom stereocenters. The zero-order chi connectivity index (χ0) is 15.4. The molecule has 0 aromatic carbocycles. The number of carbonyl (C=O) groups is 3. The lowest BCUT2D eigenvalue weighted by Gasteiger charge is -2.35. The Hall–Kier alpha value is -1.80. The van der Waals surface area contributed by atoms with Crippen LogP contribution in [0.15, 0.2) is 4.99 Å². The molecule has 1 N–H and O–H groups in total. The van der Waals surface area contributed by atoms with Gasteiger partial charge in [-0.15, -0.1) is 0 Å². The van der Waals surface area contributed by atoms with Crippen molar-refractivity contribution in [2.45, 2.75) is 19.9 Å². The highest BCUT2D eigenvalue weighted by Crippen LogP contribution is 2.08. The fourth-order valence-electron chi connectivity index (χ4n) is 2.48. The molecule has 0 aromatic rings. The van der Waals surface area contributed by atoms with Crippen LogP contribution >= 0.6 is 0 Å². The minimum absolute atomic E-state index is 0.0197. The van der Waals surface area contributed by atoms with Crippen molar-refractivity contribution in [1.82, 2.24) is 15.1 Å². The van der Waals surface area contributed by atoms with Gasteiger partial charge in [0.15, 0.2) is 0 Å². The van der Waals surface area contributed by atoms with Crippen molar-refractivity contribution in [2.24, 2.45) is 4.99 Å². The Morgan fingerprint density at radius 2 is 1.86 bits per heavy atom. The third-order valence-electron chi connectivity index (χ3n) is 3.40. The molecule has 0 bridgehead atoms. The first-order chi connectivity index (χ1) is 9.97. The third kappa shape index (κ3) is 4.33. The fraction of sp³-hybridized carbons (Fsp3) is 0.692. The molecule has 2 aliphatic rings. The van der Waals surface area contributed by atoms with Gasteiger partial charge in [0.2, 0.25) is 17.7 Å². The summed E-state index contributed by atoms with van der Waals surface area (Å²) in [5.74, 6) is -0.383. The molecule has 1 fully saturated rings. The quantitative estimate of drug-likeness (QED) is 0.642. The molecule has 0 radical (unpaired) electrons. The maximum Gasteiger partial charge on any atom is 0.262 e. The van der Waals surface area contributed by atoms with Crippen LogP contribution in [0.25, 0.3) is 0 Å². The summed E-state index contributed by atoms with van der Waals surface area (Å²) in [6.45, 7) is 5.90. The van der Waals surface area contributed by atoms with Gasteiger partial charge in [-0.1, -0.05) is 0 Å². The number of carbonyl (C=O) groups excluding carboxylic acids is 3. The van der Waals surface area contributed by atoms with Crippen molar-refractivity contribution < 1.29 is 19.1 Å². The van der Waals surface area contributed by atoms with Crippen molar-refractivity contribution in [3.05, 3.63) is 0 Å². The van der Waals surface area contributed by atoms with Crippen molar-refractivity contribution in [3.8, 4) is 0 Å². The van der Waals surface area contributed by atoms with Crippen molar-refractivity contribution in [2.75, 3.05) is 39.3 Å². The minimum atomic E-state index is -0.288. The molecule has 21 heavy (non-hydrogen) atoms. The Morgan fingerprint density at radius 3 is 2.48 bits per heavy atom. The number of amides is 3. The number of hydrogen-bond acceptors (Lipinski definition) is 6. The normalized spacial score (nSPS) is 22.8. The van der Waals surface area contributed by atoms with Crippen LogP contribution in [0.2, 0.25) is 0 Å². The molecule has 0 spiro atoms.